The van der Waals surface area contributed by atoms with Crippen molar-refractivity contribution in [2.24, 2.45) is 0 Å². The van der Waals surface area contributed by atoms with Crippen molar-refractivity contribution >= 4 is 21.5 Å². The Balaban J connectivity index is 0.000000170. The van der Waals surface area contributed by atoms with Gasteiger partial charge >= 0.3 is 0 Å². The Morgan fingerprint density at radius 3 is 1.45 bits per heavy atom. The minimum atomic E-state index is 1.25. The molecule has 0 atom stereocenters. The molecule has 4 rings (SSSR count). The summed E-state index contributed by atoms with van der Waals surface area (Å²) in [5.41, 5.74) is 0. The highest BCUT2D eigenvalue weighted by molar-refractivity contribution is 6.07. The number of piperidine rings is 1. The van der Waals surface area contributed by atoms with Gasteiger partial charge in [-0.05, 0) is 47.5 Å². The number of hydrogen-bond acceptors (Lipinski definition) is 1. The normalized spacial score (nSPS) is 14.8. The first-order chi connectivity index (χ1) is 9.95. The smallest absolute Gasteiger partial charge is 0.00489 e. The predicted octanol–water partition coefficient (Wildman–Crippen LogP) is 4.75. The van der Waals surface area contributed by atoms with E-state index in [0.29, 0.717) is 0 Å². The van der Waals surface area contributed by atoms with Crippen molar-refractivity contribution in [3.05, 3.63) is 60.7 Å². The Labute approximate surface area is 120 Å². The number of hydrogen-bond donors (Lipinski definition) is 1. The SMILES string of the molecule is C1CCNCC1.c1ccc2c(c1)ccc1ccccc12. The van der Waals surface area contributed by atoms with Crippen LogP contribution < -0.4 is 5.32 Å². The van der Waals surface area contributed by atoms with Crippen molar-refractivity contribution in [1.82, 2.24) is 5.32 Å². The third-order valence-corrected chi connectivity index (χ3v) is 3.86. The van der Waals surface area contributed by atoms with Crippen molar-refractivity contribution in [2.45, 2.75) is 19.3 Å². The second kappa shape index (κ2) is 6.53. The maximum absolute atomic E-state index is 3.28. The maximum atomic E-state index is 3.28. The summed E-state index contributed by atoms with van der Waals surface area (Å²) in [6.07, 6.45) is 4.22. The Bertz CT molecular complexity index is 617. The van der Waals surface area contributed by atoms with Gasteiger partial charge in [0.25, 0.3) is 0 Å². The molecule has 0 saturated carbocycles. The van der Waals surface area contributed by atoms with Crippen LogP contribution in [0.15, 0.2) is 60.7 Å². The molecule has 1 heteroatoms. The number of benzene rings is 3. The molecule has 20 heavy (non-hydrogen) atoms. The van der Waals surface area contributed by atoms with Gasteiger partial charge in [0.05, 0.1) is 0 Å². The van der Waals surface area contributed by atoms with Gasteiger partial charge in [0.2, 0.25) is 0 Å². The molecule has 0 amide bonds. The lowest BCUT2D eigenvalue weighted by molar-refractivity contribution is 0.520. The maximum Gasteiger partial charge on any atom is -0.00489 e. The largest absolute Gasteiger partial charge is 0.317 e. The van der Waals surface area contributed by atoms with Crippen molar-refractivity contribution in [1.29, 1.82) is 0 Å². The molecule has 0 unspecified atom stereocenters. The molecule has 1 aliphatic rings. The van der Waals surface area contributed by atoms with E-state index in [9.17, 15) is 0 Å². The molecule has 3 aromatic rings. The van der Waals surface area contributed by atoms with Gasteiger partial charge in [-0.2, -0.15) is 0 Å². The molecule has 0 aliphatic carbocycles. The van der Waals surface area contributed by atoms with Gasteiger partial charge in [0, 0.05) is 0 Å². The topological polar surface area (TPSA) is 12.0 Å². The van der Waals surface area contributed by atoms with Gasteiger partial charge in [-0.1, -0.05) is 67.1 Å². The standard InChI is InChI=1S/C14H10.C5H11N/c1-3-7-13-11(5-1)9-10-12-6-2-4-8-14(12)13;1-2-4-6-5-3-1/h1-10H;6H,1-5H2. The van der Waals surface area contributed by atoms with E-state index in [1.165, 1.54) is 53.9 Å². The molecule has 0 spiro atoms. The Kier molecular flexibility index (Phi) is 4.29. The fourth-order valence-corrected chi connectivity index (χ4v) is 2.76. The number of nitrogens with one attached hydrogen (secondary N) is 1. The van der Waals surface area contributed by atoms with E-state index in [0.717, 1.165) is 0 Å². The van der Waals surface area contributed by atoms with Crippen molar-refractivity contribution in [3.8, 4) is 0 Å². The first kappa shape index (κ1) is 13.1. The third kappa shape index (κ3) is 3.00. The van der Waals surface area contributed by atoms with Gasteiger partial charge in [-0.3, -0.25) is 0 Å². The zero-order chi connectivity index (χ0) is 13.6. The summed E-state index contributed by atoms with van der Waals surface area (Å²) in [5.74, 6) is 0. The molecule has 1 aliphatic heterocycles. The first-order valence-electron chi connectivity index (χ1n) is 7.52. The average Bonchev–Trinajstić information content (AvgIpc) is 2.57. The van der Waals surface area contributed by atoms with Gasteiger partial charge < -0.3 is 5.32 Å². The third-order valence-electron chi connectivity index (χ3n) is 3.86. The zero-order valence-corrected chi connectivity index (χ0v) is 11.8. The van der Waals surface area contributed by atoms with Crippen LogP contribution >= 0.6 is 0 Å². The van der Waals surface area contributed by atoms with Crippen LogP contribution in [0.25, 0.3) is 21.5 Å². The van der Waals surface area contributed by atoms with Gasteiger partial charge in [0.1, 0.15) is 0 Å². The second-order valence-corrected chi connectivity index (χ2v) is 5.32. The second-order valence-electron chi connectivity index (χ2n) is 5.32. The van der Waals surface area contributed by atoms with Crippen LogP contribution in [0.5, 0.6) is 0 Å². The van der Waals surface area contributed by atoms with Crippen molar-refractivity contribution < 1.29 is 0 Å². The van der Waals surface area contributed by atoms with E-state index in [-0.39, 0.29) is 0 Å². The molecule has 1 saturated heterocycles. The summed E-state index contributed by atoms with van der Waals surface area (Å²) < 4.78 is 0. The minimum Gasteiger partial charge on any atom is -0.317 e. The van der Waals surface area contributed by atoms with Gasteiger partial charge in [-0.25, -0.2) is 0 Å². The molecule has 0 radical (unpaired) electrons. The van der Waals surface area contributed by atoms with Crippen LogP contribution in [0.4, 0.5) is 0 Å². The lowest BCUT2D eigenvalue weighted by Gasteiger charge is -2.08. The Hall–Kier alpha value is -1.86. The molecular weight excluding hydrogens is 242 g/mol. The van der Waals surface area contributed by atoms with E-state index in [1.54, 1.807) is 0 Å². The Morgan fingerprint density at radius 1 is 0.550 bits per heavy atom. The van der Waals surface area contributed by atoms with Crippen molar-refractivity contribution in [2.75, 3.05) is 13.1 Å². The van der Waals surface area contributed by atoms with Crippen LogP contribution in [-0.4, -0.2) is 13.1 Å². The highest BCUT2D eigenvalue weighted by Gasteiger charge is 1.97. The molecule has 1 heterocycles. The monoisotopic (exact) mass is 263 g/mol. The van der Waals surface area contributed by atoms with Crippen LogP contribution in [-0.2, 0) is 0 Å². The van der Waals surface area contributed by atoms with E-state index < -0.39 is 0 Å². The fraction of sp³-hybridized carbons (Fsp3) is 0.263. The predicted molar refractivity (Wildman–Crippen MR) is 88.2 cm³/mol. The lowest BCUT2D eigenvalue weighted by Crippen LogP contribution is -2.21. The number of fused-ring (bicyclic) bond motifs is 3. The molecule has 0 aromatic heterocycles. The van der Waals surface area contributed by atoms with Crippen LogP contribution in [0, 0.1) is 0 Å². The van der Waals surface area contributed by atoms with Gasteiger partial charge in [0.15, 0.2) is 0 Å². The highest BCUT2D eigenvalue weighted by atomic mass is 14.9. The zero-order valence-electron chi connectivity index (χ0n) is 11.8. The van der Waals surface area contributed by atoms with E-state index >= 15 is 0 Å². The van der Waals surface area contributed by atoms with E-state index in [4.69, 9.17) is 0 Å². The van der Waals surface area contributed by atoms with Crippen LogP contribution in [0.2, 0.25) is 0 Å². The average molecular weight is 263 g/mol. The fourth-order valence-electron chi connectivity index (χ4n) is 2.76. The van der Waals surface area contributed by atoms with E-state index in [2.05, 4.69) is 66.0 Å². The quantitative estimate of drug-likeness (QED) is 0.577. The number of rotatable bonds is 0. The molecule has 1 fully saturated rings. The van der Waals surface area contributed by atoms with Crippen LogP contribution in [0.3, 0.4) is 0 Å². The first-order valence-corrected chi connectivity index (χ1v) is 7.52. The van der Waals surface area contributed by atoms with Crippen LogP contribution in [0.1, 0.15) is 19.3 Å². The van der Waals surface area contributed by atoms with Crippen molar-refractivity contribution in [3.63, 3.8) is 0 Å². The van der Waals surface area contributed by atoms with Gasteiger partial charge in [-0.15, -0.1) is 0 Å². The summed E-state index contributed by atoms with van der Waals surface area (Å²) in [5, 5.41) is 8.58. The summed E-state index contributed by atoms with van der Waals surface area (Å²) in [6.45, 7) is 2.50. The highest BCUT2D eigenvalue weighted by Crippen LogP contribution is 2.24. The summed E-state index contributed by atoms with van der Waals surface area (Å²) in [7, 11) is 0. The Morgan fingerprint density at radius 2 is 1.05 bits per heavy atom. The minimum absolute atomic E-state index is 1.25. The molecular formula is C19H21N. The molecule has 1 nitrogen and oxygen atoms in total. The summed E-state index contributed by atoms with van der Waals surface area (Å²) in [4.78, 5) is 0. The van der Waals surface area contributed by atoms with E-state index in [1.807, 2.05) is 0 Å². The molecule has 1 N–H and O–H groups in total. The summed E-state index contributed by atoms with van der Waals surface area (Å²) >= 11 is 0. The molecule has 102 valence electrons. The lowest BCUT2D eigenvalue weighted by atomic mass is 10.0. The summed E-state index contributed by atoms with van der Waals surface area (Å²) in [6, 6.07) is 21.4. The molecule has 3 aromatic carbocycles. The molecule has 0 bridgehead atoms.